The summed E-state index contributed by atoms with van der Waals surface area (Å²) < 4.78 is 6.02. The van der Waals surface area contributed by atoms with Gasteiger partial charge in [-0.15, -0.1) is 0 Å². The first-order valence-corrected chi connectivity index (χ1v) is 7.04. The fraction of sp³-hybridized carbons (Fsp3) is 0.357. The van der Waals surface area contributed by atoms with Gasteiger partial charge in [-0.1, -0.05) is 35.6 Å². The number of nitrogens with two attached hydrogens (primary N) is 1. The molecular formula is C14H16N2OS. The van der Waals surface area contributed by atoms with Gasteiger partial charge in [0.1, 0.15) is 0 Å². The molecule has 2 aromatic rings. The standard InChI is InChI=1S/C14H16N2OS/c15-14-16-8-11(18-14)9-17-13-7-3-5-10-4-1-2-6-12(10)13/h1-2,4,6,8,13H,3,5,7,9H2,(H2,15,16). The lowest BCUT2D eigenvalue weighted by molar-refractivity contribution is 0.0297. The van der Waals surface area contributed by atoms with E-state index in [9.17, 15) is 0 Å². The fourth-order valence-electron chi connectivity index (χ4n) is 2.45. The molecule has 4 heteroatoms. The third-order valence-corrected chi connectivity index (χ3v) is 4.11. The van der Waals surface area contributed by atoms with Crippen LogP contribution in [-0.2, 0) is 17.8 Å². The van der Waals surface area contributed by atoms with Crippen LogP contribution >= 0.6 is 11.3 Å². The normalized spacial score (nSPS) is 18.6. The van der Waals surface area contributed by atoms with E-state index in [4.69, 9.17) is 10.5 Å². The van der Waals surface area contributed by atoms with Crippen molar-refractivity contribution >= 4 is 16.5 Å². The van der Waals surface area contributed by atoms with Crippen LogP contribution in [0.1, 0.15) is 34.9 Å². The minimum atomic E-state index is 0.221. The van der Waals surface area contributed by atoms with Crippen LogP contribution in [0.25, 0.3) is 0 Å². The summed E-state index contributed by atoms with van der Waals surface area (Å²) in [6.45, 7) is 0.605. The minimum Gasteiger partial charge on any atom is -0.375 e. The molecule has 1 aromatic carbocycles. The third-order valence-electron chi connectivity index (χ3n) is 3.31. The summed E-state index contributed by atoms with van der Waals surface area (Å²) in [5.41, 5.74) is 8.39. The van der Waals surface area contributed by atoms with Gasteiger partial charge in [-0.3, -0.25) is 0 Å². The van der Waals surface area contributed by atoms with Gasteiger partial charge in [0.25, 0.3) is 0 Å². The summed E-state index contributed by atoms with van der Waals surface area (Å²) in [6.07, 6.45) is 5.49. The fourth-order valence-corrected chi connectivity index (χ4v) is 3.06. The number of rotatable bonds is 3. The topological polar surface area (TPSA) is 48.1 Å². The number of nitrogen functional groups attached to an aromatic ring is 1. The lowest BCUT2D eigenvalue weighted by Gasteiger charge is -2.25. The predicted octanol–water partition coefficient (Wildman–Crippen LogP) is 3.32. The molecule has 1 heterocycles. The molecule has 2 N–H and O–H groups in total. The van der Waals surface area contributed by atoms with E-state index in [0.29, 0.717) is 11.7 Å². The van der Waals surface area contributed by atoms with Crippen molar-refractivity contribution in [3.63, 3.8) is 0 Å². The maximum absolute atomic E-state index is 6.02. The zero-order chi connectivity index (χ0) is 12.4. The maximum atomic E-state index is 6.02. The first-order valence-electron chi connectivity index (χ1n) is 6.22. The molecule has 94 valence electrons. The number of nitrogens with zero attached hydrogens (tertiary/aromatic N) is 1. The van der Waals surface area contributed by atoms with Gasteiger partial charge in [0, 0.05) is 6.20 Å². The van der Waals surface area contributed by atoms with Gasteiger partial charge < -0.3 is 10.5 Å². The Labute approximate surface area is 111 Å². The van der Waals surface area contributed by atoms with Crippen LogP contribution in [-0.4, -0.2) is 4.98 Å². The number of thiazole rings is 1. The van der Waals surface area contributed by atoms with Gasteiger partial charge >= 0.3 is 0 Å². The van der Waals surface area contributed by atoms with E-state index in [1.54, 1.807) is 6.20 Å². The van der Waals surface area contributed by atoms with Crippen molar-refractivity contribution in [3.8, 4) is 0 Å². The molecule has 18 heavy (non-hydrogen) atoms. The SMILES string of the molecule is Nc1ncc(COC2CCCc3ccccc32)s1. The predicted molar refractivity (Wildman–Crippen MR) is 73.4 cm³/mol. The zero-order valence-electron chi connectivity index (χ0n) is 10.1. The second-order valence-electron chi connectivity index (χ2n) is 4.56. The summed E-state index contributed by atoms with van der Waals surface area (Å²) in [6, 6.07) is 8.58. The van der Waals surface area contributed by atoms with Crippen LogP contribution in [0.3, 0.4) is 0 Å². The molecule has 1 aliphatic rings. The first kappa shape index (κ1) is 11.7. The Morgan fingerprint density at radius 1 is 1.39 bits per heavy atom. The lowest BCUT2D eigenvalue weighted by Crippen LogP contribution is -2.12. The molecule has 3 rings (SSSR count). The van der Waals surface area contributed by atoms with Gasteiger partial charge in [0.05, 0.1) is 17.6 Å². The van der Waals surface area contributed by atoms with Crippen molar-refractivity contribution in [1.82, 2.24) is 4.98 Å². The number of fused-ring (bicyclic) bond motifs is 1. The molecule has 3 nitrogen and oxygen atoms in total. The van der Waals surface area contributed by atoms with Crippen LogP contribution in [0, 0.1) is 0 Å². The Balaban J connectivity index is 1.71. The van der Waals surface area contributed by atoms with Crippen LogP contribution in [0.2, 0.25) is 0 Å². The number of ether oxygens (including phenoxy) is 1. The summed E-state index contributed by atoms with van der Waals surface area (Å²) in [5.74, 6) is 0. The Morgan fingerprint density at radius 3 is 3.11 bits per heavy atom. The number of benzene rings is 1. The largest absolute Gasteiger partial charge is 0.375 e. The molecule has 0 radical (unpaired) electrons. The number of aryl methyl sites for hydroxylation is 1. The zero-order valence-corrected chi connectivity index (χ0v) is 11.0. The molecule has 0 fully saturated rings. The lowest BCUT2D eigenvalue weighted by atomic mass is 9.89. The van der Waals surface area contributed by atoms with Crippen molar-refractivity contribution in [1.29, 1.82) is 0 Å². The quantitative estimate of drug-likeness (QED) is 0.921. The summed E-state index contributed by atoms with van der Waals surface area (Å²) in [7, 11) is 0. The maximum Gasteiger partial charge on any atom is 0.180 e. The molecular weight excluding hydrogens is 244 g/mol. The first-order chi connectivity index (χ1) is 8.83. The third kappa shape index (κ3) is 2.40. The average molecular weight is 260 g/mol. The minimum absolute atomic E-state index is 0.221. The smallest absolute Gasteiger partial charge is 0.180 e. The highest BCUT2D eigenvalue weighted by Gasteiger charge is 2.20. The second-order valence-corrected chi connectivity index (χ2v) is 5.70. The Bertz CT molecular complexity index is 538. The highest BCUT2D eigenvalue weighted by atomic mass is 32.1. The number of anilines is 1. The molecule has 0 spiro atoms. The van der Waals surface area contributed by atoms with Crippen molar-refractivity contribution in [3.05, 3.63) is 46.5 Å². The number of hydrogen-bond acceptors (Lipinski definition) is 4. The van der Waals surface area contributed by atoms with Gasteiger partial charge in [0.15, 0.2) is 5.13 Å². The summed E-state index contributed by atoms with van der Waals surface area (Å²) >= 11 is 1.50. The van der Waals surface area contributed by atoms with Crippen LogP contribution in [0.4, 0.5) is 5.13 Å². The summed E-state index contributed by atoms with van der Waals surface area (Å²) in [5, 5.41) is 0.609. The van der Waals surface area contributed by atoms with Gasteiger partial charge in [-0.25, -0.2) is 4.98 Å². The van der Waals surface area contributed by atoms with Crippen molar-refractivity contribution < 1.29 is 4.74 Å². The summed E-state index contributed by atoms with van der Waals surface area (Å²) in [4.78, 5) is 5.13. The van der Waals surface area contributed by atoms with Crippen LogP contribution in [0.15, 0.2) is 30.5 Å². The van der Waals surface area contributed by atoms with Crippen molar-refractivity contribution in [2.75, 3.05) is 5.73 Å². The highest BCUT2D eigenvalue weighted by molar-refractivity contribution is 7.15. The van der Waals surface area contributed by atoms with E-state index >= 15 is 0 Å². The van der Waals surface area contributed by atoms with E-state index in [-0.39, 0.29) is 6.10 Å². The number of aromatic nitrogens is 1. The monoisotopic (exact) mass is 260 g/mol. The van der Waals surface area contributed by atoms with E-state index in [0.717, 1.165) is 11.3 Å². The van der Waals surface area contributed by atoms with Crippen molar-refractivity contribution in [2.45, 2.75) is 32.0 Å². The van der Waals surface area contributed by atoms with Gasteiger partial charge in [0.2, 0.25) is 0 Å². The molecule has 0 aliphatic heterocycles. The van der Waals surface area contributed by atoms with Gasteiger partial charge in [-0.05, 0) is 30.4 Å². The second kappa shape index (κ2) is 5.08. The average Bonchev–Trinajstić information content (AvgIpc) is 2.82. The Hall–Kier alpha value is -1.39. The van der Waals surface area contributed by atoms with Crippen LogP contribution < -0.4 is 5.73 Å². The van der Waals surface area contributed by atoms with Crippen molar-refractivity contribution in [2.24, 2.45) is 0 Å². The van der Waals surface area contributed by atoms with Gasteiger partial charge in [-0.2, -0.15) is 0 Å². The molecule has 1 aliphatic carbocycles. The molecule has 0 saturated carbocycles. The molecule has 0 amide bonds. The van der Waals surface area contributed by atoms with E-state index in [1.807, 2.05) is 0 Å². The van der Waals surface area contributed by atoms with Crippen LogP contribution in [0.5, 0.6) is 0 Å². The highest BCUT2D eigenvalue weighted by Crippen LogP contribution is 2.33. The molecule has 0 bridgehead atoms. The van der Waals surface area contributed by atoms with E-state index in [1.165, 1.54) is 35.3 Å². The van der Waals surface area contributed by atoms with E-state index < -0.39 is 0 Å². The number of hydrogen-bond donors (Lipinski definition) is 1. The van der Waals surface area contributed by atoms with E-state index in [2.05, 4.69) is 29.2 Å². The molecule has 0 saturated heterocycles. The Morgan fingerprint density at radius 2 is 2.28 bits per heavy atom. The molecule has 1 aromatic heterocycles. The molecule has 1 atom stereocenters. The Kier molecular flexibility index (Phi) is 3.30. The molecule has 1 unspecified atom stereocenters.